The van der Waals surface area contributed by atoms with Gasteiger partial charge < -0.3 is 14.4 Å². The van der Waals surface area contributed by atoms with Crippen molar-refractivity contribution >= 4 is 21.8 Å². The zero-order valence-corrected chi connectivity index (χ0v) is 14.6. The molecule has 26 heavy (non-hydrogen) atoms. The van der Waals surface area contributed by atoms with Crippen LogP contribution in [0.2, 0.25) is 0 Å². The van der Waals surface area contributed by atoms with E-state index < -0.39 is 23.8 Å². The van der Waals surface area contributed by atoms with Crippen LogP contribution < -0.4 is 9.47 Å². The molecule has 0 fully saturated rings. The average Bonchev–Trinajstić information content (AvgIpc) is 2.69. The van der Waals surface area contributed by atoms with Crippen molar-refractivity contribution < 1.29 is 31.8 Å². The topological polar surface area (TPSA) is 51.7 Å². The number of halogens is 5. The number of pyridine rings is 1. The number of nitrogens with zero attached hydrogens (tertiary/aromatic N) is 2. The number of carbonyl (C=O) groups is 1. The van der Waals surface area contributed by atoms with E-state index in [4.69, 9.17) is 4.74 Å². The summed E-state index contributed by atoms with van der Waals surface area (Å²) < 4.78 is 60.8. The minimum atomic E-state index is -4.89. The van der Waals surface area contributed by atoms with Crippen LogP contribution in [-0.2, 0) is 6.54 Å². The van der Waals surface area contributed by atoms with Gasteiger partial charge in [-0.1, -0.05) is 0 Å². The van der Waals surface area contributed by atoms with Gasteiger partial charge in [-0.05, 0) is 40.2 Å². The van der Waals surface area contributed by atoms with E-state index in [1.54, 1.807) is 0 Å². The van der Waals surface area contributed by atoms with Crippen molar-refractivity contribution in [2.75, 3.05) is 13.2 Å². The number of carbonyl (C=O) groups excluding carboxylic acids is 1. The molecule has 3 rings (SSSR count). The van der Waals surface area contributed by atoms with E-state index in [0.29, 0.717) is 4.47 Å². The van der Waals surface area contributed by atoms with Crippen molar-refractivity contribution in [2.24, 2.45) is 0 Å². The van der Waals surface area contributed by atoms with E-state index in [-0.39, 0.29) is 36.7 Å². The molecule has 0 radical (unpaired) electrons. The summed E-state index contributed by atoms with van der Waals surface area (Å²) in [6, 6.07) is 4.17. The summed E-state index contributed by atoms with van der Waals surface area (Å²) in [4.78, 5) is 18.0. The predicted molar refractivity (Wildman–Crippen MR) is 85.3 cm³/mol. The van der Waals surface area contributed by atoms with Crippen molar-refractivity contribution in [3.63, 3.8) is 0 Å². The maximum atomic E-state index is 14.0. The first-order valence-corrected chi connectivity index (χ1v) is 8.14. The highest BCUT2D eigenvalue weighted by molar-refractivity contribution is 9.10. The smallest absolute Gasteiger partial charge is 0.475 e. The molecule has 0 unspecified atom stereocenters. The van der Waals surface area contributed by atoms with E-state index >= 15 is 0 Å². The summed E-state index contributed by atoms with van der Waals surface area (Å²) in [5.41, 5.74) is 0.0754. The van der Waals surface area contributed by atoms with Crippen molar-refractivity contribution in [1.29, 1.82) is 0 Å². The van der Waals surface area contributed by atoms with Gasteiger partial charge in [-0.15, -0.1) is 13.2 Å². The maximum Gasteiger partial charge on any atom is 0.573 e. The lowest BCUT2D eigenvalue weighted by molar-refractivity contribution is -0.274. The monoisotopic (exact) mass is 434 g/mol. The number of rotatable bonds is 3. The lowest BCUT2D eigenvalue weighted by Crippen LogP contribution is -2.32. The molecule has 0 bridgehead atoms. The van der Waals surface area contributed by atoms with Gasteiger partial charge in [0.25, 0.3) is 5.91 Å². The fraction of sp³-hybridized carbons (Fsp3) is 0.250. The molecule has 0 spiro atoms. The van der Waals surface area contributed by atoms with Gasteiger partial charge in [0, 0.05) is 22.8 Å². The van der Waals surface area contributed by atoms with Crippen molar-refractivity contribution in [3.05, 3.63) is 51.9 Å². The SMILES string of the molecule is O=C1c2cc(Br)cnc2OCCN1Cc1cc(OC(F)(F)F)ccc1F. The fourth-order valence-corrected chi connectivity index (χ4v) is 2.78. The van der Waals surface area contributed by atoms with Crippen LogP contribution >= 0.6 is 15.9 Å². The molecule has 2 heterocycles. The Kier molecular flexibility index (Phi) is 5.03. The summed E-state index contributed by atoms with van der Waals surface area (Å²) in [6.45, 7) is -0.000617. The Morgan fingerprint density at radius 3 is 2.81 bits per heavy atom. The lowest BCUT2D eigenvalue weighted by atomic mass is 10.1. The fourth-order valence-electron chi connectivity index (χ4n) is 2.45. The van der Waals surface area contributed by atoms with E-state index in [1.165, 1.54) is 17.2 Å². The van der Waals surface area contributed by atoms with E-state index in [0.717, 1.165) is 18.2 Å². The van der Waals surface area contributed by atoms with Crippen LogP contribution in [0.15, 0.2) is 34.9 Å². The van der Waals surface area contributed by atoms with Crippen LogP contribution in [0, 0.1) is 5.82 Å². The minimum absolute atomic E-state index is 0.105. The largest absolute Gasteiger partial charge is 0.573 e. The number of aromatic nitrogens is 1. The van der Waals surface area contributed by atoms with Gasteiger partial charge in [0.1, 0.15) is 23.7 Å². The summed E-state index contributed by atoms with van der Waals surface area (Å²) in [6.07, 6.45) is -3.42. The second kappa shape index (κ2) is 7.10. The number of hydrogen-bond donors (Lipinski definition) is 0. The molecule has 5 nitrogen and oxygen atoms in total. The van der Waals surface area contributed by atoms with Gasteiger partial charge in [0.05, 0.1) is 6.54 Å². The second-order valence-electron chi connectivity index (χ2n) is 5.38. The Balaban J connectivity index is 1.86. The van der Waals surface area contributed by atoms with Crippen LogP contribution in [0.1, 0.15) is 15.9 Å². The van der Waals surface area contributed by atoms with Gasteiger partial charge in [-0.2, -0.15) is 0 Å². The molecule has 10 heteroatoms. The second-order valence-corrected chi connectivity index (χ2v) is 6.30. The standard InChI is InChI=1S/C16H11BrF4N2O3/c17-10-6-12-14(22-7-10)25-4-3-23(15(12)24)8-9-5-11(1-2-13(9)18)26-16(19,20)21/h1-2,5-7H,3-4,8H2. The van der Waals surface area contributed by atoms with Gasteiger partial charge in [-0.25, -0.2) is 9.37 Å². The number of benzene rings is 1. The highest BCUT2D eigenvalue weighted by Crippen LogP contribution is 2.28. The lowest BCUT2D eigenvalue weighted by Gasteiger charge is -2.20. The number of amides is 1. The van der Waals surface area contributed by atoms with Crippen LogP contribution in [0.4, 0.5) is 17.6 Å². The van der Waals surface area contributed by atoms with Crippen LogP contribution in [-0.4, -0.2) is 35.3 Å². The van der Waals surface area contributed by atoms with Crippen molar-refractivity contribution in [1.82, 2.24) is 9.88 Å². The molecule has 1 amide bonds. The van der Waals surface area contributed by atoms with Crippen molar-refractivity contribution in [3.8, 4) is 11.6 Å². The molecule has 1 aliphatic rings. The first-order chi connectivity index (χ1) is 12.2. The van der Waals surface area contributed by atoms with Crippen molar-refractivity contribution in [2.45, 2.75) is 12.9 Å². The third kappa shape index (κ3) is 4.24. The zero-order valence-electron chi connectivity index (χ0n) is 13.0. The number of hydrogen-bond acceptors (Lipinski definition) is 4. The average molecular weight is 435 g/mol. The summed E-state index contributed by atoms with van der Waals surface area (Å²) in [5, 5.41) is 0. The molecule has 138 valence electrons. The molecule has 1 aromatic heterocycles. The third-order valence-corrected chi connectivity index (χ3v) is 3.98. The van der Waals surface area contributed by atoms with Gasteiger partial charge >= 0.3 is 6.36 Å². The number of fused-ring (bicyclic) bond motifs is 1. The summed E-state index contributed by atoms with van der Waals surface area (Å²) in [5.74, 6) is -1.62. The Morgan fingerprint density at radius 1 is 1.31 bits per heavy atom. The third-order valence-electron chi connectivity index (χ3n) is 3.55. The number of alkyl halides is 3. The Labute approximate surface area is 153 Å². The predicted octanol–water partition coefficient (Wildman–Crippen LogP) is 3.92. The zero-order chi connectivity index (χ0) is 18.9. The first kappa shape index (κ1) is 18.4. The molecule has 1 aromatic carbocycles. The molecular weight excluding hydrogens is 424 g/mol. The molecule has 0 N–H and O–H groups in total. The Morgan fingerprint density at radius 2 is 2.08 bits per heavy atom. The molecule has 2 aromatic rings. The Bertz CT molecular complexity index is 845. The van der Waals surface area contributed by atoms with E-state index in [9.17, 15) is 22.4 Å². The molecule has 1 aliphatic heterocycles. The van der Waals surface area contributed by atoms with Gasteiger partial charge in [-0.3, -0.25) is 4.79 Å². The van der Waals surface area contributed by atoms with Crippen LogP contribution in [0.3, 0.4) is 0 Å². The molecule has 0 saturated carbocycles. The highest BCUT2D eigenvalue weighted by Gasteiger charge is 2.31. The van der Waals surface area contributed by atoms with Crippen LogP contribution in [0.5, 0.6) is 11.6 Å². The van der Waals surface area contributed by atoms with E-state index in [2.05, 4.69) is 25.7 Å². The normalized spacial score (nSPS) is 14.5. The highest BCUT2D eigenvalue weighted by atomic mass is 79.9. The molecular formula is C16H11BrF4N2O3. The minimum Gasteiger partial charge on any atom is -0.475 e. The Hall–Kier alpha value is -2.36. The maximum absolute atomic E-state index is 14.0. The number of ether oxygens (including phenoxy) is 2. The molecule has 0 atom stereocenters. The van der Waals surface area contributed by atoms with Gasteiger partial charge in [0.15, 0.2) is 0 Å². The molecule has 0 saturated heterocycles. The summed E-state index contributed by atoms with van der Waals surface area (Å²) in [7, 11) is 0. The molecule has 0 aliphatic carbocycles. The summed E-state index contributed by atoms with van der Waals surface area (Å²) >= 11 is 3.21. The first-order valence-electron chi connectivity index (χ1n) is 7.35. The van der Waals surface area contributed by atoms with E-state index in [1.807, 2.05) is 0 Å². The van der Waals surface area contributed by atoms with Gasteiger partial charge in [0.2, 0.25) is 5.88 Å². The quantitative estimate of drug-likeness (QED) is 0.687. The van der Waals surface area contributed by atoms with Crippen LogP contribution in [0.25, 0.3) is 0 Å².